The monoisotopic (exact) mass is 267 g/mol. The van der Waals surface area contributed by atoms with E-state index < -0.39 is 0 Å². The molecule has 0 bridgehead atoms. The molecular formula is C16H17N3O. The zero-order chi connectivity index (χ0) is 13.8. The van der Waals surface area contributed by atoms with Gasteiger partial charge in [-0.3, -0.25) is 14.7 Å². The number of carbonyl (C=O) groups excluding carboxylic acids is 1. The Hall–Kier alpha value is -2.20. The van der Waals surface area contributed by atoms with Gasteiger partial charge in [0.15, 0.2) is 0 Å². The van der Waals surface area contributed by atoms with Gasteiger partial charge in [0.1, 0.15) is 0 Å². The summed E-state index contributed by atoms with van der Waals surface area (Å²) in [6, 6.07) is 12.0. The molecule has 1 amide bonds. The number of carbonyl (C=O) groups is 1. The fraction of sp³-hybridized carbons (Fsp3) is 0.250. The average Bonchev–Trinajstić information content (AvgIpc) is 2.48. The third kappa shape index (κ3) is 3.03. The molecule has 20 heavy (non-hydrogen) atoms. The smallest absolute Gasteiger partial charge is 0.238 e. The first-order valence-corrected chi connectivity index (χ1v) is 6.80. The molecule has 4 heteroatoms. The summed E-state index contributed by atoms with van der Waals surface area (Å²) in [6.45, 7) is 2.21. The van der Waals surface area contributed by atoms with Crippen molar-refractivity contribution in [1.29, 1.82) is 0 Å². The van der Waals surface area contributed by atoms with Gasteiger partial charge in [-0.05, 0) is 29.7 Å². The number of pyridine rings is 1. The molecule has 4 nitrogen and oxygen atoms in total. The number of anilines is 1. The Labute approximate surface area is 118 Å². The first kappa shape index (κ1) is 12.8. The number of rotatable bonds is 3. The second kappa shape index (κ2) is 5.84. The Morgan fingerprint density at radius 3 is 2.70 bits per heavy atom. The van der Waals surface area contributed by atoms with Crippen LogP contribution in [0.4, 0.5) is 5.69 Å². The van der Waals surface area contributed by atoms with Gasteiger partial charge in [0.2, 0.25) is 5.91 Å². The van der Waals surface area contributed by atoms with Crippen LogP contribution in [-0.2, 0) is 17.8 Å². The van der Waals surface area contributed by atoms with E-state index in [0.29, 0.717) is 6.54 Å². The minimum atomic E-state index is 0.0237. The maximum absolute atomic E-state index is 12.0. The molecule has 1 aromatic heterocycles. The summed E-state index contributed by atoms with van der Waals surface area (Å²) >= 11 is 0. The van der Waals surface area contributed by atoms with Gasteiger partial charge in [-0.2, -0.15) is 0 Å². The molecule has 0 saturated carbocycles. The zero-order valence-electron chi connectivity index (χ0n) is 11.2. The fourth-order valence-electron chi connectivity index (χ4n) is 2.53. The molecule has 1 aliphatic heterocycles. The largest absolute Gasteiger partial charge is 0.325 e. The summed E-state index contributed by atoms with van der Waals surface area (Å²) in [7, 11) is 0. The highest BCUT2D eigenvalue weighted by Crippen LogP contribution is 2.18. The highest BCUT2D eigenvalue weighted by Gasteiger charge is 2.17. The molecule has 0 radical (unpaired) electrons. The Morgan fingerprint density at radius 2 is 1.90 bits per heavy atom. The summed E-state index contributed by atoms with van der Waals surface area (Å²) in [5.41, 5.74) is 3.52. The van der Waals surface area contributed by atoms with Crippen molar-refractivity contribution in [3.63, 3.8) is 0 Å². The lowest BCUT2D eigenvalue weighted by atomic mass is 10.00. The fourth-order valence-corrected chi connectivity index (χ4v) is 2.53. The van der Waals surface area contributed by atoms with Crippen LogP contribution in [0.5, 0.6) is 0 Å². The molecule has 3 rings (SSSR count). The summed E-state index contributed by atoms with van der Waals surface area (Å²) in [4.78, 5) is 18.1. The molecule has 1 aromatic carbocycles. The number of fused-ring (bicyclic) bond motifs is 1. The van der Waals surface area contributed by atoms with Crippen molar-refractivity contribution in [2.45, 2.75) is 13.0 Å². The number of hydrogen-bond acceptors (Lipinski definition) is 3. The van der Waals surface area contributed by atoms with Crippen molar-refractivity contribution < 1.29 is 4.79 Å². The van der Waals surface area contributed by atoms with Gasteiger partial charge in [-0.1, -0.05) is 24.3 Å². The van der Waals surface area contributed by atoms with Crippen LogP contribution in [0.3, 0.4) is 0 Å². The van der Waals surface area contributed by atoms with E-state index in [4.69, 9.17) is 0 Å². The van der Waals surface area contributed by atoms with E-state index in [9.17, 15) is 4.79 Å². The van der Waals surface area contributed by atoms with Crippen molar-refractivity contribution in [2.75, 3.05) is 18.4 Å². The van der Waals surface area contributed by atoms with Gasteiger partial charge in [-0.25, -0.2) is 0 Å². The predicted octanol–water partition coefficient (Wildman–Crippen LogP) is 2.08. The SMILES string of the molecule is O=C(CN1CCc2ccccc2C1)Nc1ccncc1. The molecule has 102 valence electrons. The van der Waals surface area contributed by atoms with Crippen molar-refractivity contribution in [1.82, 2.24) is 9.88 Å². The van der Waals surface area contributed by atoms with Crippen LogP contribution in [0.2, 0.25) is 0 Å². The second-order valence-corrected chi connectivity index (χ2v) is 5.01. The maximum atomic E-state index is 12.0. The van der Waals surface area contributed by atoms with Gasteiger partial charge < -0.3 is 5.32 Å². The quantitative estimate of drug-likeness (QED) is 0.926. The Kier molecular flexibility index (Phi) is 3.74. The highest BCUT2D eigenvalue weighted by atomic mass is 16.2. The number of aromatic nitrogens is 1. The van der Waals surface area contributed by atoms with E-state index in [1.54, 1.807) is 24.5 Å². The van der Waals surface area contributed by atoms with Gasteiger partial charge in [0, 0.05) is 31.2 Å². The minimum absolute atomic E-state index is 0.0237. The summed E-state index contributed by atoms with van der Waals surface area (Å²) in [5.74, 6) is 0.0237. The van der Waals surface area contributed by atoms with Gasteiger partial charge in [0.05, 0.1) is 6.54 Å². The van der Waals surface area contributed by atoms with E-state index in [-0.39, 0.29) is 5.91 Å². The topological polar surface area (TPSA) is 45.2 Å². The molecule has 0 aliphatic carbocycles. The van der Waals surface area contributed by atoms with E-state index in [1.165, 1.54) is 11.1 Å². The molecule has 1 aliphatic rings. The van der Waals surface area contributed by atoms with Gasteiger partial charge in [0.25, 0.3) is 0 Å². The number of hydrogen-bond donors (Lipinski definition) is 1. The summed E-state index contributed by atoms with van der Waals surface area (Å²) < 4.78 is 0. The van der Waals surface area contributed by atoms with Crippen LogP contribution in [0.25, 0.3) is 0 Å². The molecule has 0 spiro atoms. The third-order valence-corrected chi connectivity index (χ3v) is 3.54. The molecule has 0 fully saturated rings. The lowest BCUT2D eigenvalue weighted by Crippen LogP contribution is -2.37. The van der Waals surface area contributed by atoms with Crippen molar-refractivity contribution in [2.24, 2.45) is 0 Å². The lowest BCUT2D eigenvalue weighted by Gasteiger charge is -2.28. The Balaban J connectivity index is 1.58. The van der Waals surface area contributed by atoms with Crippen molar-refractivity contribution >= 4 is 11.6 Å². The zero-order valence-corrected chi connectivity index (χ0v) is 11.2. The van der Waals surface area contributed by atoms with Gasteiger partial charge >= 0.3 is 0 Å². The molecule has 2 heterocycles. The maximum Gasteiger partial charge on any atom is 0.238 e. The van der Waals surface area contributed by atoms with E-state index >= 15 is 0 Å². The van der Waals surface area contributed by atoms with Crippen LogP contribution >= 0.6 is 0 Å². The normalized spacial score (nSPS) is 14.6. The van der Waals surface area contributed by atoms with Crippen LogP contribution in [0, 0.1) is 0 Å². The first-order chi connectivity index (χ1) is 9.81. The Bertz CT molecular complexity index is 598. The number of amides is 1. The lowest BCUT2D eigenvalue weighted by molar-refractivity contribution is -0.117. The molecule has 0 atom stereocenters. The number of nitrogens with one attached hydrogen (secondary N) is 1. The molecule has 1 N–H and O–H groups in total. The average molecular weight is 267 g/mol. The second-order valence-electron chi connectivity index (χ2n) is 5.01. The standard InChI is InChI=1S/C16H17N3O/c20-16(18-15-5-8-17-9-6-15)12-19-10-7-13-3-1-2-4-14(13)11-19/h1-6,8-9H,7,10-12H2,(H,17,18,20). The van der Waals surface area contributed by atoms with Crippen LogP contribution < -0.4 is 5.32 Å². The Morgan fingerprint density at radius 1 is 1.15 bits per heavy atom. The summed E-state index contributed by atoms with van der Waals surface area (Å²) in [5, 5.41) is 2.89. The number of nitrogens with zero attached hydrogens (tertiary/aromatic N) is 2. The molecular weight excluding hydrogens is 250 g/mol. The third-order valence-electron chi connectivity index (χ3n) is 3.54. The molecule has 2 aromatic rings. The van der Waals surface area contributed by atoms with Crippen molar-refractivity contribution in [3.8, 4) is 0 Å². The summed E-state index contributed by atoms with van der Waals surface area (Å²) in [6.07, 6.45) is 4.36. The van der Waals surface area contributed by atoms with E-state index in [0.717, 1.165) is 25.2 Å². The number of benzene rings is 1. The minimum Gasteiger partial charge on any atom is -0.325 e. The van der Waals surface area contributed by atoms with Crippen LogP contribution in [-0.4, -0.2) is 28.9 Å². The van der Waals surface area contributed by atoms with Crippen LogP contribution in [0.1, 0.15) is 11.1 Å². The predicted molar refractivity (Wildman–Crippen MR) is 78.3 cm³/mol. The van der Waals surface area contributed by atoms with E-state index in [1.807, 2.05) is 0 Å². The molecule has 0 unspecified atom stereocenters. The van der Waals surface area contributed by atoms with E-state index in [2.05, 4.69) is 39.5 Å². The highest BCUT2D eigenvalue weighted by molar-refractivity contribution is 5.92. The first-order valence-electron chi connectivity index (χ1n) is 6.80. The van der Waals surface area contributed by atoms with Crippen molar-refractivity contribution in [3.05, 3.63) is 59.9 Å². The van der Waals surface area contributed by atoms with Gasteiger partial charge in [-0.15, -0.1) is 0 Å². The van der Waals surface area contributed by atoms with Crippen LogP contribution in [0.15, 0.2) is 48.8 Å². The molecule has 0 saturated heterocycles.